The fraction of sp³-hybridized carbons (Fsp3) is 0.125. The van der Waals surface area contributed by atoms with Crippen molar-refractivity contribution < 1.29 is 18.0 Å². The summed E-state index contributed by atoms with van der Waals surface area (Å²) in [5.74, 6) is -1.00. The first-order valence-electron chi connectivity index (χ1n) is 7.55. The molecule has 7 nitrogen and oxygen atoms in total. The van der Waals surface area contributed by atoms with Gasteiger partial charge in [-0.15, -0.1) is 10.2 Å². The Balaban J connectivity index is 1.54. The molecule has 3 heterocycles. The third kappa shape index (κ3) is 2.85. The normalized spacial score (nSPS) is 12.0. The SMILES string of the molecule is O=C(NCc1nnc2ccccn12)c1ccc2nc(C(F)(F)F)[nH]c2c1. The first kappa shape index (κ1) is 16.1. The van der Waals surface area contributed by atoms with Gasteiger partial charge in [-0.1, -0.05) is 6.07 Å². The summed E-state index contributed by atoms with van der Waals surface area (Å²) in [5.41, 5.74) is 1.13. The molecule has 0 aliphatic heterocycles. The van der Waals surface area contributed by atoms with Gasteiger partial charge in [0.05, 0.1) is 17.6 Å². The Hall–Kier alpha value is -3.43. The van der Waals surface area contributed by atoms with Gasteiger partial charge in [0.15, 0.2) is 11.5 Å². The minimum Gasteiger partial charge on any atom is -0.345 e. The number of H-pyrrole nitrogens is 1. The van der Waals surface area contributed by atoms with Gasteiger partial charge in [-0.2, -0.15) is 13.2 Å². The number of pyridine rings is 1. The summed E-state index contributed by atoms with van der Waals surface area (Å²) in [6, 6.07) is 9.52. The van der Waals surface area contributed by atoms with Crippen LogP contribution in [0.15, 0.2) is 42.6 Å². The van der Waals surface area contributed by atoms with Gasteiger partial charge in [0.1, 0.15) is 0 Å². The lowest BCUT2D eigenvalue weighted by atomic mass is 10.2. The van der Waals surface area contributed by atoms with Crippen LogP contribution in [0.1, 0.15) is 22.0 Å². The van der Waals surface area contributed by atoms with Crippen molar-refractivity contribution >= 4 is 22.6 Å². The minimum atomic E-state index is -4.57. The zero-order chi connectivity index (χ0) is 18.3. The molecule has 132 valence electrons. The van der Waals surface area contributed by atoms with E-state index in [2.05, 4.69) is 25.5 Å². The Morgan fingerprint density at radius 1 is 1.19 bits per heavy atom. The molecule has 26 heavy (non-hydrogen) atoms. The van der Waals surface area contributed by atoms with Crippen LogP contribution in [0.3, 0.4) is 0 Å². The van der Waals surface area contributed by atoms with Crippen LogP contribution < -0.4 is 5.32 Å². The molecule has 4 aromatic rings. The smallest absolute Gasteiger partial charge is 0.345 e. The molecule has 0 fully saturated rings. The average Bonchev–Trinajstić information content (AvgIpc) is 3.23. The highest BCUT2D eigenvalue weighted by molar-refractivity contribution is 5.97. The molecule has 3 aromatic heterocycles. The number of hydrogen-bond donors (Lipinski definition) is 2. The number of carbonyl (C=O) groups is 1. The fourth-order valence-corrected chi connectivity index (χ4v) is 2.56. The molecular weight excluding hydrogens is 349 g/mol. The van der Waals surface area contributed by atoms with Gasteiger partial charge in [0, 0.05) is 11.8 Å². The highest BCUT2D eigenvalue weighted by atomic mass is 19.4. The quantitative estimate of drug-likeness (QED) is 0.588. The zero-order valence-corrected chi connectivity index (χ0v) is 13.1. The van der Waals surface area contributed by atoms with Gasteiger partial charge in [-0.25, -0.2) is 4.98 Å². The maximum absolute atomic E-state index is 12.7. The lowest BCUT2D eigenvalue weighted by Crippen LogP contribution is -2.23. The standard InChI is InChI=1S/C16H11F3N6O/c17-16(18,19)15-21-10-5-4-9(7-11(10)22-15)14(26)20-8-13-24-23-12-3-1-2-6-25(12)13/h1-7H,8H2,(H,20,26)(H,21,22). The first-order chi connectivity index (χ1) is 12.4. The molecule has 1 amide bonds. The number of benzene rings is 1. The molecule has 0 spiro atoms. The number of imidazole rings is 1. The number of aromatic nitrogens is 5. The third-order valence-corrected chi connectivity index (χ3v) is 3.80. The van der Waals surface area contributed by atoms with Crippen LogP contribution in [0, 0.1) is 0 Å². The maximum Gasteiger partial charge on any atom is 0.449 e. The van der Waals surface area contributed by atoms with Gasteiger partial charge < -0.3 is 10.3 Å². The molecule has 0 bridgehead atoms. The molecule has 0 atom stereocenters. The molecular formula is C16H11F3N6O. The van der Waals surface area contributed by atoms with E-state index in [0.29, 0.717) is 11.5 Å². The number of rotatable bonds is 3. The van der Waals surface area contributed by atoms with E-state index in [4.69, 9.17) is 0 Å². The van der Waals surface area contributed by atoms with Crippen molar-refractivity contribution in [3.63, 3.8) is 0 Å². The summed E-state index contributed by atoms with van der Waals surface area (Å²) < 4.78 is 39.8. The Labute approximate surface area is 143 Å². The van der Waals surface area contributed by atoms with E-state index in [9.17, 15) is 18.0 Å². The van der Waals surface area contributed by atoms with Crippen molar-refractivity contribution in [2.24, 2.45) is 0 Å². The second-order valence-corrected chi connectivity index (χ2v) is 5.54. The summed E-state index contributed by atoms with van der Waals surface area (Å²) >= 11 is 0. The number of hydrogen-bond acceptors (Lipinski definition) is 4. The maximum atomic E-state index is 12.7. The van der Waals surface area contributed by atoms with Crippen molar-refractivity contribution in [1.29, 1.82) is 0 Å². The molecule has 0 saturated heterocycles. The predicted molar refractivity (Wildman–Crippen MR) is 85.3 cm³/mol. The summed E-state index contributed by atoms with van der Waals surface area (Å²) in [6.07, 6.45) is -2.80. The van der Waals surface area contributed by atoms with Crippen LogP contribution in [0.4, 0.5) is 13.2 Å². The predicted octanol–water partition coefficient (Wildman–Crippen LogP) is 2.55. The summed E-state index contributed by atoms with van der Waals surface area (Å²) in [7, 11) is 0. The van der Waals surface area contributed by atoms with E-state index < -0.39 is 17.9 Å². The molecule has 0 unspecified atom stereocenters. The summed E-state index contributed by atoms with van der Waals surface area (Å²) in [4.78, 5) is 18.0. The Morgan fingerprint density at radius 3 is 2.85 bits per heavy atom. The molecule has 2 N–H and O–H groups in total. The summed E-state index contributed by atoms with van der Waals surface area (Å²) in [5, 5.41) is 10.7. The van der Waals surface area contributed by atoms with E-state index in [1.54, 1.807) is 16.7 Å². The Morgan fingerprint density at radius 2 is 2.04 bits per heavy atom. The highest BCUT2D eigenvalue weighted by Gasteiger charge is 2.34. The topological polar surface area (TPSA) is 88.0 Å². The minimum absolute atomic E-state index is 0.124. The molecule has 10 heteroatoms. The number of amides is 1. The van der Waals surface area contributed by atoms with E-state index in [1.807, 2.05) is 12.1 Å². The molecule has 0 radical (unpaired) electrons. The van der Waals surface area contributed by atoms with Gasteiger partial charge >= 0.3 is 6.18 Å². The number of nitrogens with zero attached hydrogens (tertiary/aromatic N) is 4. The second kappa shape index (κ2) is 5.83. The van der Waals surface area contributed by atoms with E-state index in [-0.39, 0.29) is 23.1 Å². The number of halogens is 3. The molecule has 0 saturated carbocycles. The number of fused-ring (bicyclic) bond motifs is 2. The first-order valence-corrected chi connectivity index (χ1v) is 7.55. The number of aromatic amines is 1. The van der Waals surface area contributed by atoms with Gasteiger partial charge in [-0.3, -0.25) is 9.20 Å². The van der Waals surface area contributed by atoms with Crippen LogP contribution in [0.5, 0.6) is 0 Å². The lowest BCUT2D eigenvalue weighted by Gasteiger charge is -2.04. The zero-order valence-electron chi connectivity index (χ0n) is 13.1. The number of carbonyl (C=O) groups excluding carboxylic acids is 1. The fourth-order valence-electron chi connectivity index (χ4n) is 2.56. The second-order valence-electron chi connectivity index (χ2n) is 5.54. The van der Waals surface area contributed by atoms with Gasteiger partial charge in [0.2, 0.25) is 5.82 Å². The van der Waals surface area contributed by atoms with Crippen LogP contribution in [0.25, 0.3) is 16.7 Å². The van der Waals surface area contributed by atoms with Crippen LogP contribution in [0.2, 0.25) is 0 Å². The third-order valence-electron chi connectivity index (χ3n) is 3.80. The van der Waals surface area contributed by atoms with Gasteiger partial charge in [0.25, 0.3) is 5.91 Å². The van der Waals surface area contributed by atoms with Crippen LogP contribution in [-0.2, 0) is 12.7 Å². The van der Waals surface area contributed by atoms with Crippen molar-refractivity contribution in [3.05, 3.63) is 59.8 Å². The van der Waals surface area contributed by atoms with Crippen molar-refractivity contribution in [2.75, 3.05) is 0 Å². The molecule has 1 aromatic carbocycles. The van der Waals surface area contributed by atoms with Crippen LogP contribution >= 0.6 is 0 Å². The van der Waals surface area contributed by atoms with Crippen molar-refractivity contribution in [3.8, 4) is 0 Å². The van der Waals surface area contributed by atoms with Crippen LogP contribution in [-0.4, -0.2) is 30.5 Å². The summed E-state index contributed by atoms with van der Waals surface area (Å²) in [6.45, 7) is 0.124. The van der Waals surface area contributed by atoms with E-state index >= 15 is 0 Å². The van der Waals surface area contributed by atoms with Crippen molar-refractivity contribution in [2.45, 2.75) is 12.7 Å². The Kier molecular flexibility index (Phi) is 3.60. The highest BCUT2D eigenvalue weighted by Crippen LogP contribution is 2.28. The number of alkyl halides is 3. The van der Waals surface area contributed by atoms with Gasteiger partial charge in [-0.05, 0) is 30.3 Å². The molecule has 0 aliphatic carbocycles. The van der Waals surface area contributed by atoms with E-state index in [1.165, 1.54) is 18.2 Å². The number of nitrogens with one attached hydrogen (secondary N) is 2. The average molecular weight is 360 g/mol. The lowest BCUT2D eigenvalue weighted by molar-refractivity contribution is -0.144. The molecule has 0 aliphatic rings. The monoisotopic (exact) mass is 360 g/mol. The van der Waals surface area contributed by atoms with Crippen molar-refractivity contribution in [1.82, 2.24) is 29.9 Å². The Bertz CT molecular complexity index is 1110. The largest absolute Gasteiger partial charge is 0.449 e. The molecule has 4 rings (SSSR count). The van der Waals surface area contributed by atoms with E-state index in [0.717, 1.165) is 0 Å².